The lowest BCUT2D eigenvalue weighted by Crippen LogP contribution is -2.40. The third-order valence-corrected chi connectivity index (χ3v) is 4.57. The number of nitrogens with zero attached hydrogens (tertiary/aromatic N) is 2. The number of fused-ring (bicyclic) bond motifs is 1. The average Bonchev–Trinajstić information content (AvgIpc) is 2.88. The number of nitrogens with one attached hydrogen (secondary N) is 1. The number of hydrogen-bond donors (Lipinski definition) is 2. The van der Waals surface area contributed by atoms with E-state index in [4.69, 9.17) is 11.6 Å². The van der Waals surface area contributed by atoms with Crippen molar-refractivity contribution in [1.29, 1.82) is 0 Å². The van der Waals surface area contributed by atoms with Crippen molar-refractivity contribution in [2.75, 3.05) is 13.1 Å². The highest BCUT2D eigenvalue weighted by Gasteiger charge is 2.28. The molecule has 23 heavy (non-hydrogen) atoms. The summed E-state index contributed by atoms with van der Waals surface area (Å²) in [4.78, 5) is 21.8. The lowest BCUT2D eigenvalue weighted by molar-refractivity contribution is 0.0357. The summed E-state index contributed by atoms with van der Waals surface area (Å²) in [5.41, 5.74) is 1.43. The molecule has 2 aromatic rings. The summed E-state index contributed by atoms with van der Waals surface area (Å²) >= 11 is 5.88. The molecule has 1 fully saturated rings. The second-order valence-corrected chi connectivity index (χ2v) is 7.39. The first kappa shape index (κ1) is 16.3. The van der Waals surface area contributed by atoms with Crippen molar-refractivity contribution in [3.8, 4) is 0 Å². The van der Waals surface area contributed by atoms with Crippen LogP contribution in [0, 0.1) is 5.92 Å². The number of amides is 1. The number of carbonyl (C=O) groups excluding carboxylic acids is 1. The van der Waals surface area contributed by atoms with E-state index in [0.29, 0.717) is 22.3 Å². The fraction of sp³-hybridized carbons (Fsp3) is 0.529. The van der Waals surface area contributed by atoms with Crippen molar-refractivity contribution in [2.45, 2.75) is 38.7 Å². The lowest BCUT2D eigenvalue weighted by Gasteiger charge is -2.34. The normalized spacial score (nSPS) is 17.0. The second-order valence-electron chi connectivity index (χ2n) is 7.00. The van der Waals surface area contributed by atoms with Gasteiger partial charge in [-0.2, -0.15) is 0 Å². The SMILES string of the molecule is CC(C)(O)CC1CCN(C(=O)c2cc3nc(Cl)ccc3[nH]2)CC1. The molecular formula is C17H22ClN3O2. The van der Waals surface area contributed by atoms with E-state index in [1.807, 2.05) is 24.8 Å². The van der Waals surface area contributed by atoms with E-state index in [0.717, 1.165) is 37.9 Å². The molecule has 2 aromatic heterocycles. The Kier molecular flexibility index (Phi) is 4.34. The first-order valence-corrected chi connectivity index (χ1v) is 8.36. The summed E-state index contributed by atoms with van der Waals surface area (Å²) in [5.74, 6) is 0.475. The Bertz CT molecular complexity index is 712. The highest BCUT2D eigenvalue weighted by Crippen LogP contribution is 2.27. The van der Waals surface area contributed by atoms with E-state index in [-0.39, 0.29) is 5.91 Å². The van der Waals surface area contributed by atoms with Crippen LogP contribution in [-0.4, -0.2) is 44.6 Å². The van der Waals surface area contributed by atoms with Gasteiger partial charge in [0.25, 0.3) is 5.91 Å². The Balaban J connectivity index is 1.66. The Hall–Kier alpha value is -1.59. The molecule has 124 valence electrons. The molecule has 0 unspecified atom stereocenters. The van der Waals surface area contributed by atoms with Gasteiger partial charge in [0.05, 0.1) is 16.6 Å². The highest BCUT2D eigenvalue weighted by molar-refractivity contribution is 6.29. The van der Waals surface area contributed by atoms with Crippen molar-refractivity contribution in [3.05, 3.63) is 29.0 Å². The van der Waals surface area contributed by atoms with Gasteiger partial charge in [-0.25, -0.2) is 4.98 Å². The topological polar surface area (TPSA) is 69.2 Å². The maximum absolute atomic E-state index is 12.6. The van der Waals surface area contributed by atoms with Gasteiger partial charge in [0.2, 0.25) is 0 Å². The van der Waals surface area contributed by atoms with Crippen molar-refractivity contribution in [3.63, 3.8) is 0 Å². The Labute approximate surface area is 140 Å². The summed E-state index contributed by atoms with van der Waals surface area (Å²) in [6.07, 6.45) is 2.64. The number of hydrogen-bond acceptors (Lipinski definition) is 3. The molecule has 2 N–H and O–H groups in total. The molecule has 0 aliphatic carbocycles. The number of aromatic nitrogens is 2. The van der Waals surface area contributed by atoms with Gasteiger partial charge in [-0.05, 0) is 57.2 Å². The molecule has 3 heterocycles. The zero-order valence-electron chi connectivity index (χ0n) is 13.5. The van der Waals surface area contributed by atoms with Crippen molar-refractivity contribution in [1.82, 2.24) is 14.9 Å². The molecule has 1 aliphatic heterocycles. The third kappa shape index (κ3) is 3.85. The van der Waals surface area contributed by atoms with E-state index in [1.54, 1.807) is 12.1 Å². The van der Waals surface area contributed by atoms with Crippen LogP contribution in [0.1, 0.15) is 43.6 Å². The van der Waals surface area contributed by atoms with Crippen LogP contribution in [-0.2, 0) is 0 Å². The zero-order valence-corrected chi connectivity index (χ0v) is 14.2. The smallest absolute Gasteiger partial charge is 0.270 e. The molecule has 3 rings (SSSR count). The predicted octanol–water partition coefficient (Wildman–Crippen LogP) is 3.23. The van der Waals surface area contributed by atoms with Crippen LogP contribution in [0.5, 0.6) is 0 Å². The number of aliphatic hydroxyl groups is 1. The molecule has 0 aromatic carbocycles. The molecular weight excluding hydrogens is 314 g/mol. The molecule has 0 atom stereocenters. The number of halogens is 1. The standard InChI is InChI=1S/C17H22ClN3O2/c1-17(2,23)10-11-5-7-21(8-6-11)16(22)14-9-13-12(19-14)3-4-15(18)20-13/h3-4,9,11,19,23H,5-8,10H2,1-2H3. The van der Waals surface area contributed by atoms with Gasteiger partial charge in [-0.1, -0.05) is 11.6 Å². The van der Waals surface area contributed by atoms with Gasteiger partial charge in [0.1, 0.15) is 10.8 Å². The van der Waals surface area contributed by atoms with Gasteiger partial charge in [-0.3, -0.25) is 4.79 Å². The van der Waals surface area contributed by atoms with E-state index in [2.05, 4.69) is 9.97 Å². The van der Waals surface area contributed by atoms with Crippen molar-refractivity contribution < 1.29 is 9.90 Å². The van der Waals surface area contributed by atoms with Gasteiger partial charge >= 0.3 is 0 Å². The van der Waals surface area contributed by atoms with Crippen LogP contribution in [0.25, 0.3) is 11.0 Å². The zero-order chi connectivity index (χ0) is 16.6. The number of pyridine rings is 1. The summed E-state index contributed by atoms with van der Waals surface area (Å²) in [6.45, 7) is 5.13. The fourth-order valence-electron chi connectivity index (χ4n) is 3.32. The monoisotopic (exact) mass is 335 g/mol. The van der Waals surface area contributed by atoms with Crippen LogP contribution in [0.2, 0.25) is 5.15 Å². The maximum atomic E-state index is 12.6. The molecule has 1 saturated heterocycles. The number of aromatic amines is 1. The largest absolute Gasteiger partial charge is 0.390 e. The second kappa shape index (κ2) is 6.13. The molecule has 1 amide bonds. The number of piperidine rings is 1. The number of rotatable bonds is 3. The van der Waals surface area contributed by atoms with Crippen LogP contribution in [0.3, 0.4) is 0 Å². The van der Waals surface area contributed by atoms with E-state index in [9.17, 15) is 9.90 Å². The van der Waals surface area contributed by atoms with Crippen LogP contribution >= 0.6 is 11.6 Å². The Morgan fingerprint density at radius 2 is 2.13 bits per heavy atom. The minimum Gasteiger partial charge on any atom is -0.390 e. The average molecular weight is 336 g/mol. The van der Waals surface area contributed by atoms with Crippen LogP contribution < -0.4 is 0 Å². The van der Waals surface area contributed by atoms with Gasteiger partial charge in [0, 0.05) is 13.1 Å². The van der Waals surface area contributed by atoms with Gasteiger partial charge in [0.15, 0.2) is 0 Å². The van der Waals surface area contributed by atoms with Crippen LogP contribution in [0.15, 0.2) is 18.2 Å². The number of H-pyrrole nitrogens is 1. The molecule has 1 aliphatic rings. The molecule has 6 heteroatoms. The third-order valence-electron chi connectivity index (χ3n) is 4.36. The first-order valence-electron chi connectivity index (χ1n) is 7.99. The number of likely N-dealkylation sites (tertiary alicyclic amines) is 1. The number of carbonyl (C=O) groups is 1. The Morgan fingerprint density at radius 1 is 1.43 bits per heavy atom. The minimum atomic E-state index is -0.640. The fourth-order valence-corrected chi connectivity index (χ4v) is 3.47. The summed E-state index contributed by atoms with van der Waals surface area (Å²) in [7, 11) is 0. The summed E-state index contributed by atoms with van der Waals surface area (Å²) in [5, 5.41) is 10.3. The first-order chi connectivity index (χ1) is 10.8. The van der Waals surface area contributed by atoms with Crippen LogP contribution in [0.4, 0.5) is 0 Å². The molecule has 0 spiro atoms. The minimum absolute atomic E-state index is 0.000770. The van der Waals surface area contributed by atoms with E-state index < -0.39 is 5.60 Å². The Morgan fingerprint density at radius 3 is 2.78 bits per heavy atom. The quantitative estimate of drug-likeness (QED) is 0.846. The molecule has 5 nitrogen and oxygen atoms in total. The van der Waals surface area contributed by atoms with Crippen molar-refractivity contribution >= 4 is 28.5 Å². The van der Waals surface area contributed by atoms with Crippen molar-refractivity contribution in [2.24, 2.45) is 5.92 Å². The van der Waals surface area contributed by atoms with Gasteiger partial charge < -0.3 is 15.0 Å². The predicted molar refractivity (Wildman–Crippen MR) is 90.6 cm³/mol. The van der Waals surface area contributed by atoms with E-state index in [1.165, 1.54) is 0 Å². The molecule has 0 saturated carbocycles. The summed E-state index contributed by atoms with van der Waals surface area (Å²) in [6, 6.07) is 5.29. The maximum Gasteiger partial charge on any atom is 0.270 e. The molecule has 0 radical (unpaired) electrons. The summed E-state index contributed by atoms with van der Waals surface area (Å²) < 4.78 is 0. The lowest BCUT2D eigenvalue weighted by atomic mass is 9.86. The van der Waals surface area contributed by atoms with E-state index >= 15 is 0 Å². The van der Waals surface area contributed by atoms with Gasteiger partial charge in [-0.15, -0.1) is 0 Å². The molecule has 0 bridgehead atoms. The highest BCUT2D eigenvalue weighted by atomic mass is 35.5.